The van der Waals surface area contributed by atoms with Crippen molar-refractivity contribution >= 4 is 19.8 Å². The molecule has 0 amide bonds. The lowest BCUT2D eigenvalue weighted by Crippen LogP contribution is -2.29. The summed E-state index contributed by atoms with van der Waals surface area (Å²) in [5.74, 6) is -0.841. The minimum Gasteiger partial charge on any atom is -0.462 e. The average Bonchev–Trinajstić information content (AvgIpc) is 2.97. The van der Waals surface area contributed by atoms with Crippen molar-refractivity contribution < 1.29 is 37.6 Å². The van der Waals surface area contributed by atoms with Crippen LogP contribution < -0.4 is 5.73 Å². The van der Waals surface area contributed by atoms with E-state index in [1.807, 2.05) is 0 Å². The molecular weight excluding hydrogens is 557 g/mol. The molecule has 0 aliphatic heterocycles. The molecule has 0 radical (unpaired) electrons. The summed E-state index contributed by atoms with van der Waals surface area (Å²) in [6, 6.07) is 0. The summed E-state index contributed by atoms with van der Waals surface area (Å²) < 4.78 is 32.4. The Morgan fingerprint density at radius 2 is 1.19 bits per heavy atom. The molecule has 0 aromatic carbocycles. The number of carbonyl (C=O) groups excluding carboxylic acids is 2. The Hall–Kier alpha value is -1.25. The summed E-state index contributed by atoms with van der Waals surface area (Å²) in [5, 5.41) is 0. The fourth-order valence-electron chi connectivity index (χ4n) is 4.38. The molecule has 0 rings (SSSR count). The van der Waals surface area contributed by atoms with Crippen molar-refractivity contribution in [1.29, 1.82) is 0 Å². The van der Waals surface area contributed by atoms with Crippen LogP contribution in [-0.4, -0.2) is 49.3 Å². The first-order valence-electron chi connectivity index (χ1n) is 16.7. The number of phosphoric acid groups is 1. The van der Waals surface area contributed by atoms with E-state index >= 15 is 0 Å². The number of hydrogen-bond donors (Lipinski definition) is 2. The zero-order chi connectivity index (χ0) is 31.2. The van der Waals surface area contributed by atoms with Gasteiger partial charge < -0.3 is 20.1 Å². The van der Waals surface area contributed by atoms with Crippen LogP contribution in [0.5, 0.6) is 0 Å². The number of nitrogens with two attached hydrogens (primary N) is 1. The van der Waals surface area contributed by atoms with Crippen LogP contribution in [0.4, 0.5) is 0 Å². The monoisotopic (exact) mass is 619 g/mol. The predicted molar refractivity (Wildman–Crippen MR) is 169 cm³/mol. The molecule has 0 saturated heterocycles. The second-order valence-corrected chi connectivity index (χ2v) is 12.5. The average molecular weight is 620 g/mol. The van der Waals surface area contributed by atoms with Gasteiger partial charge in [0.25, 0.3) is 0 Å². The molecule has 0 fully saturated rings. The van der Waals surface area contributed by atoms with E-state index < -0.39 is 32.5 Å². The lowest BCUT2D eigenvalue weighted by molar-refractivity contribution is -0.161. The smallest absolute Gasteiger partial charge is 0.462 e. The van der Waals surface area contributed by atoms with Gasteiger partial charge in [-0.3, -0.25) is 18.6 Å². The standard InChI is InChI=1S/C32H62NO8P/c1-3-5-7-9-11-13-15-17-18-20-22-24-31(34)38-28-30(29-40-42(36,37)39-27-26-33)41-32(35)25-23-21-19-16-14-12-10-8-6-4-2/h9,11,30H,3-8,10,12-29,33H2,1-2H3,(H,36,37)/b11-9-/t30-/m1/s1. The SMILES string of the molecule is CCCC/C=C\CCCCCCCC(=O)OC[C@H](COP(=O)(O)OCCN)OC(=O)CCCCCCCCCCCC. The Morgan fingerprint density at radius 1 is 0.690 bits per heavy atom. The Morgan fingerprint density at radius 3 is 1.76 bits per heavy atom. The van der Waals surface area contributed by atoms with Gasteiger partial charge in [0.1, 0.15) is 6.61 Å². The summed E-state index contributed by atoms with van der Waals surface area (Å²) in [6.07, 6.45) is 25.3. The van der Waals surface area contributed by atoms with Crippen LogP contribution in [0.15, 0.2) is 12.2 Å². The topological polar surface area (TPSA) is 134 Å². The molecule has 0 heterocycles. The molecule has 3 N–H and O–H groups in total. The predicted octanol–water partition coefficient (Wildman–Crippen LogP) is 8.32. The van der Waals surface area contributed by atoms with Crippen molar-refractivity contribution in [3.63, 3.8) is 0 Å². The van der Waals surface area contributed by atoms with E-state index in [2.05, 4.69) is 26.0 Å². The molecule has 0 aliphatic carbocycles. The van der Waals surface area contributed by atoms with Gasteiger partial charge in [0.05, 0.1) is 13.2 Å². The normalized spacial score (nSPS) is 13.7. The molecule has 1 unspecified atom stereocenters. The van der Waals surface area contributed by atoms with Crippen molar-refractivity contribution in [2.45, 2.75) is 155 Å². The third kappa shape index (κ3) is 28.9. The van der Waals surface area contributed by atoms with Gasteiger partial charge in [0, 0.05) is 19.4 Å². The van der Waals surface area contributed by atoms with Crippen LogP contribution >= 0.6 is 7.82 Å². The van der Waals surface area contributed by atoms with Gasteiger partial charge in [-0.2, -0.15) is 0 Å². The molecule has 248 valence electrons. The van der Waals surface area contributed by atoms with Crippen LogP contribution in [0.3, 0.4) is 0 Å². The fourth-order valence-corrected chi connectivity index (χ4v) is 5.14. The number of phosphoric ester groups is 1. The summed E-state index contributed by atoms with van der Waals surface area (Å²) in [7, 11) is -4.36. The van der Waals surface area contributed by atoms with E-state index in [0.29, 0.717) is 6.42 Å². The molecule has 10 heteroatoms. The first kappa shape index (κ1) is 40.8. The van der Waals surface area contributed by atoms with Crippen molar-refractivity contribution in [3.05, 3.63) is 12.2 Å². The van der Waals surface area contributed by atoms with Crippen molar-refractivity contribution in [2.75, 3.05) is 26.4 Å². The zero-order valence-corrected chi connectivity index (χ0v) is 27.6. The summed E-state index contributed by atoms with van der Waals surface area (Å²) in [4.78, 5) is 34.4. The molecule has 0 aromatic heterocycles. The molecule has 9 nitrogen and oxygen atoms in total. The third-order valence-electron chi connectivity index (χ3n) is 6.90. The molecule has 0 spiro atoms. The summed E-state index contributed by atoms with van der Waals surface area (Å²) in [5.41, 5.74) is 5.31. The van der Waals surface area contributed by atoms with Crippen molar-refractivity contribution in [3.8, 4) is 0 Å². The lowest BCUT2D eigenvalue weighted by atomic mass is 10.1. The molecule has 0 saturated carbocycles. The number of hydrogen-bond acceptors (Lipinski definition) is 8. The van der Waals surface area contributed by atoms with Gasteiger partial charge in [-0.15, -0.1) is 0 Å². The minimum atomic E-state index is -4.36. The van der Waals surface area contributed by atoms with E-state index in [1.54, 1.807) is 0 Å². The number of allylic oxidation sites excluding steroid dienone is 2. The zero-order valence-electron chi connectivity index (χ0n) is 26.7. The highest BCUT2D eigenvalue weighted by atomic mass is 31.2. The van der Waals surface area contributed by atoms with E-state index in [9.17, 15) is 19.0 Å². The maximum Gasteiger partial charge on any atom is 0.472 e. The Labute approximate surface area is 256 Å². The Kier molecular flexibility index (Phi) is 28.9. The highest BCUT2D eigenvalue weighted by Gasteiger charge is 2.25. The Balaban J connectivity index is 4.30. The largest absolute Gasteiger partial charge is 0.472 e. The first-order valence-corrected chi connectivity index (χ1v) is 18.2. The molecule has 0 aliphatic rings. The number of unbranched alkanes of at least 4 members (excludes halogenated alkanes) is 16. The van der Waals surface area contributed by atoms with Gasteiger partial charge in [-0.05, 0) is 32.1 Å². The third-order valence-corrected chi connectivity index (χ3v) is 7.89. The van der Waals surface area contributed by atoms with Gasteiger partial charge in [-0.25, -0.2) is 4.57 Å². The minimum absolute atomic E-state index is 0.0545. The lowest BCUT2D eigenvalue weighted by Gasteiger charge is -2.19. The van der Waals surface area contributed by atoms with E-state index in [0.717, 1.165) is 57.8 Å². The summed E-state index contributed by atoms with van der Waals surface area (Å²) >= 11 is 0. The number of ether oxygens (including phenoxy) is 2. The second kappa shape index (κ2) is 29.8. The summed E-state index contributed by atoms with van der Waals surface area (Å²) in [6.45, 7) is 3.64. The maximum absolute atomic E-state index is 12.4. The molecule has 42 heavy (non-hydrogen) atoms. The molecule has 0 aromatic rings. The van der Waals surface area contributed by atoms with Crippen molar-refractivity contribution in [1.82, 2.24) is 0 Å². The van der Waals surface area contributed by atoms with E-state index in [-0.39, 0.29) is 32.6 Å². The Bertz CT molecular complexity index is 719. The van der Waals surface area contributed by atoms with Gasteiger partial charge in [0.15, 0.2) is 6.10 Å². The van der Waals surface area contributed by atoms with Crippen LogP contribution in [0.25, 0.3) is 0 Å². The molecule has 2 atom stereocenters. The highest BCUT2D eigenvalue weighted by molar-refractivity contribution is 7.47. The van der Waals surface area contributed by atoms with E-state index in [4.69, 9.17) is 24.3 Å². The van der Waals surface area contributed by atoms with Crippen molar-refractivity contribution in [2.24, 2.45) is 5.73 Å². The number of carbonyl (C=O) groups is 2. The van der Waals surface area contributed by atoms with Gasteiger partial charge in [-0.1, -0.05) is 116 Å². The van der Waals surface area contributed by atoms with Crippen LogP contribution in [0, 0.1) is 0 Å². The van der Waals surface area contributed by atoms with E-state index in [1.165, 1.54) is 57.8 Å². The second-order valence-electron chi connectivity index (χ2n) is 11.0. The maximum atomic E-state index is 12.4. The highest BCUT2D eigenvalue weighted by Crippen LogP contribution is 2.43. The number of esters is 2. The molecule has 0 bridgehead atoms. The molecular formula is C32H62NO8P. The quantitative estimate of drug-likeness (QED) is 0.0340. The van der Waals surface area contributed by atoms with Crippen LogP contribution in [-0.2, 0) is 32.7 Å². The van der Waals surface area contributed by atoms with Gasteiger partial charge >= 0.3 is 19.8 Å². The fraction of sp³-hybridized carbons (Fsp3) is 0.875. The first-order chi connectivity index (χ1) is 20.3. The van der Waals surface area contributed by atoms with Gasteiger partial charge in [0.2, 0.25) is 0 Å². The number of rotatable bonds is 31. The van der Waals surface area contributed by atoms with Crippen LogP contribution in [0.1, 0.15) is 149 Å². The van der Waals surface area contributed by atoms with Crippen LogP contribution in [0.2, 0.25) is 0 Å².